The van der Waals surface area contributed by atoms with Crippen LogP contribution in [0.4, 0.5) is 5.69 Å². The quantitative estimate of drug-likeness (QED) is 0.431. The van der Waals surface area contributed by atoms with Gasteiger partial charge < -0.3 is 34.8 Å². The summed E-state index contributed by atoms with van der Waals surface area (Å²) in [4.78, 5) is 28.3. The van der Waals surface area contributed by atoms with Crippen LogP contribution in [0.2, 0.25) is 0 Å². The number of nitrogens with one attached hydrogen (secondary N) is 1. The number of rotatable bonds is 7. The highest BCUT2D eigenvalue weighted by atomic mass is 79.9. The van der Waals surface area contributed by atoms with Crippen molar-refractivity contribution in [3.8, 4) is 0 Å². The molecule has 0 spiro atoms. The SMILES string of the molecule is CO[C@H](C1O[C@@](OC2=Nc3ccc(Br)cc3C2)(C(=O)O)CC[C@H]1NC(C)=O)[C@@H](O)CO. The van der Waals surface area contributed by atoms with E-state index in [1.54, 1.807) is 6.07 Å². The summed E-state index contributed by atoms with van der Waals surface area (Å²) in [6.07, 6.45) is -3.17. The average Bonchev–Trinajstić information content (AvgIpc) is 3.10. The van der Waals surface area contributed by atoms with Crippen molar-refractivity contribution in [1.82, 2.24) is 5.32 Å². The van der Waals surface area contributed by atoms with Gasteiger partial charge in [0.1, 0.15) is 18.3 Å². The van der Waals surface area contributed by atoms with Crippen LogP contribution in [0.25, 0.3) is 0 Å². The fourth-order valence-corrected chi connectivity index (χ4v) is 4.27. The summed E-state index contributed by atoms with van der Waals surface area (Å²) in [6, 6.07) is 4.83. The lowest BCUT2D eigenvalue weighted by molar-refractivity contribution is -0.276. The first kappa shape index (κ1) is 23.6. The molecule has 0 bridgehead atoms. The lowest BCUT2D eigenvalue weighted by atomic mass is 9.90. The van der Waals surface area contributed by atoms with Crippen LogP contribution in [0, 0.1) is 0 Å². The smallest absolute Gasteiger partial charge is 0.377 e. The van der Waals surface area contributed by atoms with E-state index in [-0.39, 0.29) is 24.6 Å². The zero-order chi connectivity index (χ0) is 22.8. The maximum absolute atomic E-state index is 12.3. The van der Waals surface area contributed by atoms with E-state index in [4.69, 9.17) is 14.2 Å². The number of hydrogen-bond donors (Lipinski definition) is 4. The number of halogens is 1. The lowest BCUT2D eigenvalue weighted by Crippen LogP contribution is -2.63. The minimum atomic E-state index is -2.09. The third-order valence-electron chi connectivity index (χ3n) is 5.30. The van der Waals surface area contributed by atoms with Crippen molar-refractivity contribution in [2.45, 2.75) is 56.3 Å². The van der Waals surface area contributed by atoms with Crippen molar-refractivity contribution in [2.75, 3.05) is 13.7 Å². The van der Waals surface area contributed by atoms with E-state index in [0.29, 0.717) is 12.1 Å². The van der Waals surface area contributed by atoms with Gasteiger partial charge in [0.25, 0.3) is 0 Å². The molecule has 2 aliphatic rings. The first-order valence-electron chi connectivity index (χ1n) is 9.74. The number of benzene rings is 1. The van der Waals surface area contributed by atoms with E-state index in [2.05, 4.69) is 26.2 Å². The molecule has 1 fully saturated rings. The van der Waals surface area contributed by atoms with Crippen LogP contribution in [-0.4, -0.2) is 77.0 Å². The van der Waals surface area contributed by atoms with E-state index in [9.17, 15) is 24.9 Å². The minimum absolute atomic E-state index is 0.0749. The van der Waals surface area contributed by atoms with Crippen LogP contribution in [0.5, 0.6) is 0 Å². The van der Waals surface area contributed by atoms with Crippen LogP contribution in [0.15, 0.2) is 27.7 Å². The van der Waals surface area contributed by atoms with E-state index in [1.165, 1.54) is 14.0 Å². The molecule has 10 nitrogen and oxygen atoms in total. The predicted molar refractivity (Wildman–Crippen MR) is 112 cm³/mol. The first-order chi connectivity index (χ1) is 14.7. The molecule has 1 unspecified atom stereocenters. The fourth-order valence-electron chi connectivity index (χ4n) is 3.86. The number of methoxy groups -OCH3 is 1. The molecular weight excluding hydrogens is 476 g/mol. The Bertz CT molecular complexity index is 879. The molecule has 2 heterocycles. The van der Waals surface area contributed by atoms with Gasteiger partial charge in [-0.05, 0) is 30.2 Å². The number of carboxylic acids is 1. The second-order valence-electron chi connectivity index (χ2n) is 7.49. The molecule has 0 aromatic heterocycles. The Morgan fingerprint density at radius 1 is 1.45 bits per heavy atom. The number of carbonyl (C=O) groups is 2. The number of ether oxygens (including phenoxy) is 3. The standard InChI is InChI=1S/C20H25BrN2O8/c1-10(25)22-14-5-6-20(19(27)28,31-17(14)18(29-2)15(26)9-24)30-16-8-11-7-12(21)3-4-13(11)23-16/h3-4,7,14-15,17-18,24,26H,5-6,8-9H2,1-2H3,(H,22,25)(H,27,28)/t14-,15+,17?,18+,20-/m1/s1. The Labute approximate surface area is 187 Å². The Kier molecular flexibility index (Phi) is 7.32. The molecule has 0 radical (unpaired) electrons. The maximum Gasteiger partial charge on any atom is 0.377 e. The number of nitrogens with zero attached hydrogens (tertiary/aromatic N) is 1. The van der Waals surface area contributed by atoms with Crippen molar-refractivity contribution < 1.29 is 39.1 Å². The number of aliphatic hydroxyl groups excluding tert-OH is 2. The van der Waals surface area contributed by atoms with Crippen LogP contribution in [-0.2, 0) is 30.2 Å². The summed E-state index contributed by atoms with van der Waals surface area (Å²) in [7, 11) is 1.30. The number of aliphatic carboxylic acids is 1. The molecule has 1 amide bonds. The number of hydrogen-bond acceptors (Lipinski definition) is 8. The van der Waals surface area contributed by atoms with Gasteiger partial charge in [0.05, 0.1) is 24.8 Å². The van der Waals surface area contributed by atoms with Crippen molar-refractivity contribution in [2.24, 2.45) is 4.99 Å². The predicted octanol–water partition coefficient (Wildman–Crippen LogP) is 0.885. The summed E-state index contributed by atoms with van der Waals surface area (Å²) >= 11 is 3.39. The molecule has 0 saturated carbocycles. The summed E-state index contributed by atoms with van der Waals surface area (Å²) in [6.45, 7) is 0.683. The summed E-state index contributed by atoms with van der Waals surface area (Å²) < 4.78 is 17.9. The number of amides is 1. The van der Waals surface area contributed by atoms with Gasteiger partial charge in [0.2, 0.25) is 5.91 Å². The van der Waals surface area contributed by atoms with Crippen LogP contribution < -0.4 is 5.32 Å². The van der Waals surface area contributed by atoms with Crippen LogP contribution in [0.1, 0.15) is 25.3 Å². The molecule has 3 rings (SSSR count). The van der Waals surface area contributed by atoms with E-state index in [1.807, 2.05) is 12.1 Å². The van der Waals surface area contributed by atoms with E-state index < -0.39 is 42.7 Å². The van der Waals surface area contributed by atoms with Crippen LogP contribution in [0.3, 0.4) is 0 Å². The van der Waals surface area contributed by atoms with Crippen molar-refractivity contribution in [3.63, 3.8) is 0 Å². The molecule has 170 valence electrons. The highest BCUT2D eigenvalue weighted by molar-refractivity contribution is 9.10. The van der Waals surface area contributed by atoms with Crippen molar-refractivity contribution in [3.05, 3.63) is 28.2 Å². The molecule has 1 aromatic carbocycles. The highest BCUT2D eigenvalue weighted by Crippen LogP contribution is 2.37. The van der Waals surface area contributed by atoms with Gasteiger partial charge in [-0.3, -0.25) is 4.79 Å². The molecule has 5 atom stereocenters. The van der Waals surface area contributed by atoms with Gasteiger partial charge >= 0.3 is 11.8 Å². The summed E-state index contributed by atoms with van der Waals surface area (Å²) in [5.41, 5.74) is 1.55. The molecule has 4 N–H and O–H groups in total. The summed E-state index contributed by atoms with van der Waals surface area (Å²) in [5.74, 6) is -3.63. The summed E-state index contributed by atoms with van der Waals surface area (Å²) in [5, 5.41) is 32.2. The molecule has 0 aliphatic carbocycles. The second kappa shape index (κ2) is 9.61. The first-order valence-corrected chi connectivity index (χ1v) is 10.5. The minimum Gasteiger partial charge on any atom is -0.476 e. The second-order valence-corrected chi connectivity index (χ2v) is 8.41. The van der Waals surface area contributed by atoms with Gasteiger partial charge in [-0.1, -0.05) is 15.9 Å². The van der Waals surface area contributed by atoms with Gasteiger partial charge in [-0.25, -0.2) is 9.79 Å². The number of carbonyl (C=O) groups excluding carboxylic acids is 1. The van der Waals surface area contributed by atoms with Gasteiger partial charge in [0, 0.05) is 24.9 Å². The largest absolute Gasteiger partial charge is 0.476 e. The Hall–Kier alpha value is -2.05. The Balaban J connectivity index is 1.88. The van der Waals surface area contributed by atoms with Gasteiger partial charge in [-0.15, -0.1) is 0 Å². The normalized spacial score (nSPS) is 27.1. The maximum atomic E-state index is 12.3. The fraction of sp³-hybridized carbons (Fsp3) is 0.550. The topological polar surface area (TPSA) is 147 Å². The zero-order valence-corrected chi connectivity index (χ0v) is 18.7. The Morgan fingerprint density at radius 2 is 2.19 bits per heavy atom. The molecular formula is C20H25BrN2O8. The molecule has 1 aromatic rings. The third-order valence-corrected chi connectivity index (χ3v) is 5.79. The molecule has 2 aliphatic heterocycles. The number of fused-ring (bicyclic) bond motifs is 1. The third kappa shape index (κ3) is 5.07. The van der Waals surface area contributed by atoms with Crippen LogP contribution >= 0.6 is 15.9 Å². The van der Waals surface area contributed by atoms with Gasteiger partial charge in [-0.2, -0.15) is 0 Å². The zero-order valence-electron chi connectivity index (χ0n) is 17.1. The van der Waals surface area contributed by atoms with E-state index >= 15 is 0 Å². The highest BCUT2D eigenvalue weighted by Gasteiger charge is 2.54. The van der Waals surface area contributed by atoms with Crippen molar-refractivity contribution >= 4 is 39.4 Å². The van der Waals surface area contributed by atoms with Gasteiger partial charge in [0.15, 0.2) is 5.90 Å². The molecule has 11 heteroatoms. The number of aliphatic imine (C=N–C) groups is 1. The van der Waals surface area contributed by atoms with Crippen molar-refractivity contribution in [1.29, 1.82) is 0 Å². The lowest BCUT2D eigenvalue weighted by Gasteiger charge is -2.45. The molecule has 31 heavy (non-hydrogen) atoms. The molecule has 1 saturated heterocycles. The van der Waals surface area contributed by atoms with E-state index in [0.717, 1.165) is 10.0 Å². The Morgan fingerprint density at radius 3 is 2.81 bits per heavy atom. The number of aliphatic hydroxyl groups is 2. The number of carboxylic acid groups (broad SMARTS) is 1. The average molecular weight is 501 g/mol. The monoisotopic (exact) mass is 500 g/mol.